The van der Waals surface area contributed by atoms with Crippen LogP contribution < -0.4 is 5.73 Å². The molecular weight excluding hydrogens is 312 g/mol. The van der Waals surface area contributed by atoms with E-state index in [0.29, 0.717) is 25.0 Å². The van der Waals surface area contributed by atoms with E-state index in [1.807, 2.05) is 6.21 Å². The molecule has 25 heavy (non-hydrogen) atoms. The third kappa shape index (κ3) is 3.75. The Morgan fingerprint density at radius 3 is 2.80 bits per heavy atom. The van der Waals surface area contributed by atoms with E-state index in [1.165, 1.54) is 5.56 Å². The third-order valence-corrected chi connectivity index (χ3v) is 6.62. The maximum atomic E-state index is 11.4. The topological polar surface area (TPSA) is 67.8 Å². The van der Waals surface area contributed by atoms with Crippen molar-refractivity contribution in [3.05, 3.63) is 35.9 Å². The third-order valence-electron chi connectivity index (χ3n) is 6.62. The number of nitrogens with zero attached hydrogens (tertiary/aromatic N) is 1. The second-order valence-electron chi connectivity index (χ2n) is 8.03. The number of fused-ring (bicyclic) bond motifs is 1. The van der Waals surface area contributed by atoms with Gasteiger partial charge in [0.25, 0.3) is 0 Å². The highest BCUT2D eigenvalue weighted by Crippen LogP contribution is 2.60. The molecule has 2 aliphatic rings. The zero-order chi connectivity index (χ0) is 17.8. The molecule has 3 rings (SSSR count). The first-order valence-corrected chi connectivity index (χ1v) is 9.72. The van der Waals surface area contributed by atoms with Gasteiger partial charge in [0.2, 0.25) is 0 Å². The minimum atomic E-state index is -0.595. The maximum Gasteiger partial charge on any atom is 0.117 e. The molecule has 1 aromatic rings. The van der Waals surface area contributed by atoms with E-state index in [4.69, 9.17) is 10.6 Å². The number of nitrogens with two attached hydrogens (primary N) is 1. The number of hydrogen-bond donors (Lipinski definition) is 2. The van der Waals surface area contributed by atoms with Gasteiger partial charge in [-0.25, -0.2) is 0 Å². The Balaban J connectivity index is 1.62. The zero-order valence-corrected chi connectivity index (χ0v) is 15.4. The first-order valence-electron chi connectivity index (χ1n) is 9.72. The number of hydrogen-bond acceptors (Lipinski definition) is 4. The quantitative estimate of drug-likeness (QED) is 0.448. The first-order chi connectivity index (χ1) is 12.1. The molecule has 0 saturated heterocycles. The lowest BCUT2D eigenvalue weighted by Crippen LogP contribution is -2.49. The van der Waals surface area contributed by atoms with Gasteiger partial charge in [-0.1, -0.05) is 42.4 Å². The van der Waals surface area contributed by atoms with Crippen molar-refractivity contribution in [2.45, 2.75) is 63.4 Å². The monoisotopic (exact) mass is 344 g/mol. The second kappa shape index (κ2) is 7.88. The van der Waals surface area contributed by atoms with Gasteiger partial charge in [-0.15, -0.1) is 0 Å². The van der Waals surface area contributed by atoms with E-state index in [9.17, 15) is 5.11 Å². The lowest BCUT2D eigenvalue weighted by atomic mass is 9.59. The molecule has 4 atom stereocenters. The standard InChI is InChI=1S/C21H32N2O2/c1-20-11-9-18(17-7-3-2-4-8-17)15-21(20,24)12-10-19(20)16-23-25-14-6-5-13-22/h2-4,7-8,16,18-19,24H,5-6,9-15,22H2,1H3/b23-16+/t18-,19+,20+,21-/m0/s1. The fourth-order valence-electron chi connectivity index (χ4n) is 4.81. The Kier molecular flexibility index (Phi) is 5.80. The smallest absolute Gasteiger partial charge is 0.117 e. The van der Waals surface area contributed by atoms with Crippen LogP contribution in [0.15, 0.2) is 35.5 Å². The van der Waals surface area contributed by atoms with Crippen LogP contribution in [-0.2, 0) is 4.84 Å². The number of rotatable bonds is 7. The predicted molar refractivity (Wildman–Crippen MR) is 102 cm³/mol. The number of benzene rings is 1. The maximum absolute atomic E-state index is 11.4. The van der Waals surface area contributed by atoms with Crippen LogP contribution in [0.25, 0.3) is 0 Å². The fourth-order valence-corrected chi connectivity index (χ4v) is 4.81. The van der Waals surface area contributed by atoms with Crippen LogP contribution in [0.4, 0.5) is 0 Å². The van der Waals surface area contributed by atoms with Crippen molar-refractivity contribution in [2.24, 2.45) is 22.2 Å². The normalized spacial score (nSPS) is 35.0. The van der Waals surface area contributed by atoms with Crippen LogP contribution in [-0.4, -0.2) is 30.1 Å². The summed E-state index contributed by atoms with van der Waals surface area (Å²) in [6.07, 6.45) is 8.73. The van der Waals surface area contributed by atoms with Crippen LogP contribution in [0.5, 0.6) is 0 Å². The van der Waals surface area contributed by atoms with Crippen molar-refractivity contribution in [3.63, 3.8) is 0 Å². The summed E-state index contributed by atoms with van der Waals surface area (Å²) < 4.78 is 0. The lowest BCUT2D eigenvalue weighted by Gasteiger charge is -2.48. The van der Waals surface area contributed by atoms with E-state index in [-0.39, 0.29) is 5.41 Å². The Bertz CT molecular complexity index is 577. The van der Waals surface area contributed by atoms with Gasteiger partial charge in [-0.05, 0) is 63.0 Å². The van der Waals surface area contributed by atoms with E-state index < -0.39 is 5.60 Å². The van der Waals surface area contributed by atoms with Gasteiger partial charge in [-0.2, -0.15) is 0 Å². The summed E-state index contributed by atoms with van der Waals surface area (Å²) in [6.45, 7) is 3.56. The molecule has 2 saturated carbocycles. The average molecular weight is 344 g/mol. The largest absolute Gasteiger partial charge is 0.396 e. The number of aliphatic hydroxyl groups is 1. The van der Waals surface area contributed by atoms with Crippen molar-refractivity contribution < 1.29 is 9.94 Å². The van der Waals surface area contributed by atoms with Crippen molar-refractivity contribution >= 4 is 6.21 Å². The van der Waals surface area contributed by atoms with Crippen molar-refractivity contribution in [2.75, 3.05) is 13.2 Å². The molecule has 1 aromatic carbocycles. The molecule has 0 unspecified atom stereocenters. The molecule has 0 aliphatic heterocycles. The average Bonchev–Trinajstić information content (AvgIpc) is 2.89. The summed E-state index contributed by atoms with van der Waals surface area (Å²) in [5.74, 6) is 0.756. The van der Waals surface area contributed by atoms with Gasteiger partial charge >= 0.3 is 0 Å². The summed E-state index contributed by atoms with van der Waals surface area (Å²) in [4.78, 5) is 5.38. The Hall–Kier alpha value is -1.39. The zero-order valence-electron chi connectivity index (χ0n) is 15.4. The van der Waals surface area contributed by atoms with Crippen LogP contribution in [0.3, 0.4) is 0 Å². The van der Waals surface area contributed by atoms with E-state index >= 15 is 0 Å². The molecule has 3 N–H and O–H groups in total. The van der Waals surface area contributed by atoms with Crippen molar-refractivity contribution in [1.82, 2.24) is 0 Å². The molecular formula is C21H32N2O2. The summed E-state index contributed by atoms with van der Waals surface area (Å²) >= 11 is 0. The molecule has 4 heteroatoms. The van der Waals surface area contributed by atoms with E-state index in [0.717, 1.165) is 44.9 Å². The molecule has 0 spiro atoms. The van der Waals surface area contributed by atoms with Crippen LogP contribution in [0, 0.1) is 11.3 Å². The molecule has 0 bridgehead atoms. The summed E-state index contributed by atoms with van der Waals surface area (Å²) in [7, 11) is 0. The highest BCUT2D eigenvalue weighted by molar-refractivity contribution is 5.62. The Morgan fingerprint density at radius 1 is 1.24 bits per heavy atom. The van der Waals surface area contributed by atoms with Gasteiger partial charge in [0.15, 0.2) is 0 Å². The van der Waals surface area contributed by atoms with Gasteiger partial charge in [0.1, 0.15) is 6.61 Å². The number of unbranched alkanes of at least 4 members (excludes halogenated alkanes) is 1. The van der Waals surface area contributed by atoms with E-state index in [1.54, 1.807) is 0 Å². The molecule has 138 valence electrons. The van der Waals surface area contributed by atoms with Gasteiger partial charge in [0.05, 0.1) is 5.60 Å². The molecule has 0 radical (unpaired) electrons. The fraction of sp³-hybridized carbons (Fsp3) is 0.667. The molecule has 2 aliphatic carbocycles. The predicted octanol–water partition coefficient (Wildman–Crippen LogP) is 3.84. The van der Waals surface area contributed by atoms with Gasteiger partial charge < -0.3 is 15.7 Å². The minimum Gasteiger partial charge on any atom is -0.396 e. The summed E-state index contributed by atoms with van der Waals surface area (Å²) in [6, 6.07) is 10.6. The molecule has 2 fully saturated rings. The van der Waals surface area contributed by atoms with Crippen LogP contribution >= 0.6 is 0 Å². The highest BCUT2D eigenvalue weighted by atomic mass is 16.6. The van der Waals surface area contributed by atoms with Crippen LogP contribution in [0.1, 0.15) is 63.4 Å². The van der Waals surface area contributed by atoms with Crippen LogP contribution in [0.2, 0.25) is 0 Å². The Morgan fingerprint density at radius 2 is 2.04 bits per heavy atom. The first kappa shape index (κ1) is 18.4. The van der Waals surface area contributed by atoms with Crippen molar-refractivity contribution in [3.8, 4) is 0 Å². The number of oxime groups is 1. The SMILES string of the molecule is C[C@]12CC[C@H](c3ccccc3)C[C@@]1(O)CC[C@@H]2/C=N/OCCCCN. The lowest BCUT2D eigenvalue weighted by molar-refractivity contribution is -0.0959. The summed E-state index contributed by atoms with van der Waals surface area (Å²) in [5, 5.41) is 15.6. The molecule has 0 aromatic heterocycles. The van der Waals surface area contributed by atoms with Crippen molar-refractivity contribution in [1.29, 1.82) is 0 Å². The minimum absolute atomic E-state index is 0.0948. The van der Waals surface area contributed by atoms with E-state index in [2.05, 4.69) is 42.4 Å². The van der Waals surface area contributed by atoms with Gasteiger partial charge in [0, 0.05) is 17.5 Å². The highest BCUT2D eigenvalue weighted by Gasteiger charge is 2.58. The Labute approximate surface area is 151 Å². The molecule has 0 amide bonds. The second-order valence-corrected chi connectivity index (χ2v) is 8.03. The summed E-state index contributed by atoms with van der Waals surface area (Å²) in [5.41, 5.74) is 6.15. The van der Waals surface area contributed by atoms with Gasteiger partial charge in [-0.3, -0.25) is 0 Å². The molecule has 0 heterocycles. The molecule has 4 nitrogen and oxygen atoms in total.